The summed E-state index contributed by atoms with van der Waals surface area (Å²) >= 11 is 0. The van der Waals surface area contributed by atoms with Gasteiger partial charge in [0, 0.05) is 13.1 Å². The van der Waals surface area contributed by atoms with Crippen LogP contribution in [0.25, 0.3) is 0 Å². The highest BCUT2D eigenvalue weighted by atomic mass is 16.6. The van der Waals surface area contributed by atoms with E-state index in [4.69, 9.17) is 4.74 Å². The second-order valence-electron chi connectivity index (χ2n) is 5.61. The minimum atomic E-state index is -0.453. The fraction of sp³-hybridized carbons (Fsp3) is 0.917. The standard InChI is InChI=1S/C12H23NO3/c1-9-8-13(7-5-6-10(9)14)11(15)16-12(2,3)4/h9-10,14H,5-8H2,1-4H3. The van der Waals surface area contributed by atoms with Gasteiger partial charge in [-0.2, -0.15) is 0 Å². The molecule has 16 heavy (non-hydrogen) atoms. The number of aliphatic hydroxyl groups is 1. The Kier molecular flexibility index (Phi) is 4.19. The molecule has 1 amide bonds. The van der Waals surface area contributed by atoms with Crippen LogP contribution in [-0.2, 0) is 4.74 Å². The lowest BCUT2D eigenvalue weighted by Gasteiger charge is -2.27. The Morgan fingerprint density at radius 2 is 2.06 bits per heavy atom. The zero-order chi connectivity index (χ0) is 12.3. The van der Waals surface area contributed by atoms with Gasteiger partial charge in [0.15, 0.2) is 0 Å². The Hall–Kier alpha value is -0.770. The van der Waals surface area contributed by atoms with E-state index >= 15 is 0 Å². The molecule has 2 unspecified atom stereocenters. The smallest absolute Gasteiger partial charge is 0.410 e. The first-order valence-corrected chi connectivity index (χ1v) is 5.95. The van der Waals surface area contributed by atoms with Gasteiger partial charge in [0.05, 0.1) is 6.10 Å². The van der Waals surface area contributed by atoms with Crippen molar-refractivity contribution < 1.29 is 14.6 Å². The van der Waals surface area contributed by atoms with Crippen LogP contribution in [-0.4, -0.2) is 40.9 Å². The molecular weight excluding hydrogens is 206 g/mol. The predicted octanol–water partition coefficient (Wildman–Crippen LogP) is 2.01. The number of amides is 1. The number of rotatable bonds is 0. The van der Waals surface area contributed by atoms with Crippen LogP contribution in [0.2, 0.25) is 0 Å². The lowest BCUT2D eigenvalue weighted by molar-refractivity contribution is 0.0212. The number of ether oxygens (including phenoxy) is 1. The van der Waals surface area contributed by atoms with Crippen molar-refractivity contribution in [2.75, 3.05) is 13.1 Å². The number of hydrogen-bond acceptors (Lipinski definition) is 3. The largest absolute Gasteiger partial charge is 0.444 e. The van der Waals surface area contributed by atoms with Gasteiger partial charge in [-0.15, -0.1) is 0 Å². The van der Waals surface area contributed by atoms with Crippen LogP contribution >= 0.6 is 0 Å². The van der Waals surface area contributed by atoms with E-state index in [1.165, 1.54) is 0 Å². The topological polar surface area (TPSA) is 49.8 Å². The Balaban J connectivity index is 2.56. The summed E-state index contributed by atoms with van der Waals surface area (Å²) < 4.78 is 5.32. The summed E-state index contributed by atoms with van der Waals surface area (Å²) in [5.41, 5.74) is -0.453. The fourth-order valence-electron chi connectivity index (χ4n) is 1.83. The highest BCUT2D eigenvalue weighted by Crippen LogP contribution is 2.19. The molecule has 4 nitrogen and oxygen atoms in total. The lowest BCUT2D eigenvalue weighted by Crippen LogP contribution is -2.39. The average molecular weight is 229 g/mol. The number of carbonyl (C=O) groups excluding carboxylic acids is 1. The molecule has 1 rings (SSSR count). The number of hydrogen-bond donors (Lipinski definition) is 1. The van der Waals surface area contributed by atoms with Crippen molar-refractivity contribution in [3.8, 4) is 0 Å². The molecule has 1 heterocycles. The molecule has 0 aromatic rings. The summed E-state index contributed by atoms with van der Waals surface area (Å²) in [7, 11) is 0. The van der Waals surface area contributed by atoms with Gasteiger partial charge >= 0.3 is 6.09 Å². The van der Waals surface area contributed by atoms with E-state index in [0.29, 0.717) is 13.1 Å². The molecule has 0 radical (unpaired) electrons. The minimum Gasteiger partial charge on any atom is -0.444 e. The third-order valence-corrected chi connectivity index (χ3v) is 2.74. The van der Waals surface area contributed by atoms with E-state index < -0.39 is 5.60 Å². The lowest BCUT2D eigenvalue weighted by atomic mass is 10.0. The summed E-state index contributed by atoms with van der Waals surface area (Å²) in [6.07, 6.45) is 1.03. The first kappa shape index (κ1) is 13.3. The van der Waals surface area contributed by atoms with Crippen molar-refractivity contribution in [3.05, 3.63) is 0 Å². The summed E-state index contributed by atoms with van der Waals surface area (Å²) in [5.74, 6) is 0.120. The number of likely N-dealkylation sites (tertiary alicyclic amines) is 1. The average Bonchev–Trinajstić information content (AvgIpc) is 2.27. The molecular formula is C12H23NO3. The third kappa shape index (κ3) is 4.00. The quantitative estimate of drug-likeness (QED) is 0.691. The molecule has 1 N–H and O–H groups in total. The second-order valence-corrected chi connectivity index (χ2v) is 5.61. The molecule has 1 fully saturated rings. The van der Waals surface area contributed by atoms with Gasteiger partial charge in [-0.3, -0.25) is 0 Å². The van der Waals surface area contributed by atoms with Crippen LogP contribution < -0.4 is 0 Å². The highest BCUT2D eigenvalue weighted by Gasteiger charge is 2.28. The van der Waals surface area contributed by atoms with Gasteiger partial charge in [0.1, 0.15) is 5.60 Å². The molecule has 94 valence electrons. The summed E-state index contributed by atoms with van der Waals surface area (Å²) in [6, 6.07) is 0. The number of nitrogens with zero attached hydrogens (tertiary/aromatic N) is 1. The Labute approximate surface area is 97.6 Å². The van der Waals surface area contributed by atoms with Crippen LogP contribution in [0.1, 0.15) is 40.5 Å². The van der Waals surface area contributed by atoms with E-state index in [1.807, 2.05) is 27.7 Å². The van der Waals surface area contributed by atoms with E-state index in [1.54, 1.807) is 4.90 Å². The summed E-state index contributed by atoms with van der Waals surface area (Å²) in [5, 5.41) is 9.71. The van der Waals surface area contributed by atoms with E-state index in [9.17, 15) is 9.90 Å². The second kappa shape index (κ2) is 5.04. The number of aliphatic hydroxyl groups excluding tert-OH is 1. The van der Waals surface area contributed by atoms with Crippen LogP contribution in [0.15, 0.2) is 0 Å². The Morgan fingerprint density at radius 3 is 2.62 bits per heavy atom. The molecule has 1 saturated heterocycles. The van der Waals surface area contributed by atoms with Gasteiger partial charge in [-0.05, 0) is 39.5 Å². The van der Waals surface area contributed by atoms with E-state index in [0.717, 1.165) is 12.8 Å². The molecule has 1 aliphatic rings. The molecule has 1 aliphatic heterocycles. The normalized spacial score (nSPS) is 27.4. The number of carbonyl (C=O) groups is 1. The van der Waals surface area contributed by atoms with E-state index in [2.05, 4.69) is 0 Å². The predicted molar refractivity (Wildman–Crippen MR) is 62.2 cm³/mol. The van der Waals surface area contributed by atoms with Crippen molar-refractivity contribution in [1.29, 1.82) is 0 Å². The molecule has 0 aromatic heterocycles. The maximum absolute atomic E-state index is 11.8. The molecule has 0 spiro atoms. The van der Waals surface area contributed by atoms with Gasteiger partial charge in [-0.25, -0.2) is 4.79 Å². The van der Waals surface area contributed by atoms with Gasteiger partial charge in [0.25, 0.3) is 0 Å². The van der Waals surface area contributed by atoms with Gasteiger partial charge in [0.2, 0.25) is 0 Å². The van der Waals surface area contributed by atoms with Crippen LogP contribution in [0.5, 0.6) is 0 Å². The van der Waals surface area contributed by atoms with Crippen LogP contribution in [0.4, 0.5) is 4.79 Å². The van der Waals surface area contributed by atoms with Crippen molar-refractivity contribution in [3.63, 3.8) is 0 Å². The van der Waals surface area contributed by atoms with Crippen molar-refractivity contribution in [2.24, 2.45) is 5.92 Å². The molecule has 2 atom stereocenters. The zero-order valence-electron chi connectivity index (χ0n) is 10.7. The van der Waals surface area contributed by atoms with Gasteiger partial charge < -0.3 is 14.7 Å². The Bertz CT molecular complexity index is 247. The highest BCUT2D eigenvalue weighted by molar-refractivity contribution is 5.68. The SMILES string of the molecule is CC1CN(C(=O)OC(C)(C)C)CCCC1O. The summed E-state index contributed by atoms with van der Waals surface area (Å²) in [6.45, 7) is 8.81. The molecule has 0 bridgehead atoms. The molecule has 0 aromatic carbocycles. The van der Waals surface area contributed by atoms with Crippen molar-refractivity contribution in [1.82, 2.24) is 4.90 Å². The first-order valence-electron chi connectivity index (χ1n) is 5.95. The molecule has 0 aliphatic carbocycles. The fourth-order valence-corrected chi connectivity index (χ4v) is 1.83. The maximum Gasteiger partial charge on any atom is 0.410 e. The summed E-state index contributed by atoms with van der Waals surface area (Å²) in [4.78, 5) is 13.5. The zero-order valence-corrected chi connectivity index (χ0v) is 10.7. The minimum absolute atomic E-state index is 0.120. The first-order chi connectivity index (χ1) is 7.29. The monoisotopic (exact) mass is 229 g/mol. The molecule has 4 heteroatoms. The Morgan fingerprint density at radius 1 is 1.44 bits per heavy atom. The van der Waals surface area contributed by atoms with Gasteiger partial charge in [-0.1, -0.05) is 6.92 Å². The molecule has 0 saturated carbocycles. The third-order valence-electron chi connectivity index (χ3n) is 2.74. The van der Waals surface area contributed by atoms with Crippen molar-refractivity contribution >= 4 is 6.09 Å². The van der Waals surface area contributed by atoms with Crippen LogP contribution in [0.3, 0.4) is 0 Å². The maximum atomic E-state index is 11.8. The van der Waals surface area contributed by atoms with E-state index in [-0.39, 0.29) is 18.1 Å². The van der Waals surface area contributed by atoms with Crippen LogP contribution in [0, 0.1) is 5.92 Å². The van der Waals surface area contributed by atoms with Crippen molar-refractivity contribution in [2.45, 2.75) is 52.2 Å².